The lowest BCUT2D eigenvalue weighted by molar-refractivity contribution is -0.152. The second-order valence-electron chi connectivity index (χ2n) is 5.83. The number of rotatable bonds is 5. The molecule has 9 nitrogen and oxygen atoms in total. The Balaban J connectivity index is 1.67. The average Bonchev–Trinajstić information content (AvgIpc) is 3.25. The summed E-state index contributed by atoms with van der Waals surface area (Å²) in [6.07, 6.45) is 0.0471. The van der Waals surface area contributed by atoms with Crippen molar-refractivity contribution < 1.29 is 31.5 Å². The maximum atomic E-state index is 12.7. The highest BCUT2D eigenvalue weighted by molar-refractivity contribution is 6.52. The summed E-state index contributed by atoms with van der Waals surface area (Å²) in [7, 11) is -1.19. The van der Waals surface area contributed by atoms with Gasteiger partial charge < -0.3 is 29.9 Å². The highest BCUT2D eigenvalue weighted by atomic mass is 16.7. The molecule has 0 aliphatic carbocycles. The third-order valence-electron chi connectivity index (χ3n) is 4.26. The Bertz CT molecular complexity index is 574. The highest BCUT2D eigenvalue weighted by Crippen LogP contribution is 2.25. The van der Waals surface area contributed by atoms with Crippen LogP contribution in [0.2, 0.25) is 0 Å². The van der Waals surface area contributed by atoms with Crippen molar-refractivity contribution in [2.75, 3.05) is 26.1 Å². The quantitative estimate of drug-likeness (QED) is 0.391. The summed E-state index contributed by atoms with van der Waals surface area (Å²) in [5.74, 6) is -3.91. The number of aliphatic carboxylic acids is 1. The lowest BCUT2D eigenvalue weighted by Crippen LogP contribution is -2.50. The Hall–Kier alpha value is -1.65. The van der Waals surface area contributed by atoms with Gasteiger partial charge in [0, 0.05) is 19.1 Å². The first kappa shape index (κ1) is 13.8. The number of carbonyl (C=O) groups is 3. The van der Waals surface area contributed by atoms with E-state index in [1.807, 2.05) is 0 Å². The van der Waals surface area contributed by atoms with Gasteiger partial charge in [-0.15, -0.1) is 0 Å². The normalized spacial score (nSPS) is 32.7. The maximum absolute atomic E-state index is 12.7. The maximum Gasteiger partial charge on any atom is 0.552 e. The molecule has 0 spiro atoms. The van der Waals surface area contributed by atoms with Gasteiger partial charge in [-0.1, -0.05) is 0 Å². The van der Waals surface area contributed by atoms with Crippen LogP contribution in [0.1, 0.15) is 22.0 Å². The summed E-state index contributed by atoms with van der Waals surface area (Å²) in [5, 5.41) is 14.7. The number of hydrogen-bond acceptors (Lipinski definition) is 7. The Morgan fingerprint density at radius 3 is 3.00 bits per heavy atom. The minimum Gasteiger partial charge on any atom is -0.506 e. The SMILES string of the molecule is [2H]C([2H])(N[C@@H]1CCNC1)C(=O)N1CCC[C@H]1B1OC(=O)C(C(=O)O)O1. The lowest BCUT2D eigenvalue weighted by atomic mass is 9.77. The summed E-state index contributed by atoms with van der Waals surface area (Å²) >= 11 is 0. The van der Waals surface area contributed by atoms with Crippen LogP contribution in [0.25, 0.3) is 0 Å². The van der Waals surface area contributed by atoms with E-state index in [1.54, 1.807) is 0 Å². The van der Waals surface area contributed by atoms with Gasteiger partial charge in [0.2, 0.25) is 12.0 Å². The minimum absolute atomic E-state index is 0.142. The van der Waals surface area contributed by atoms with Crippen molar-refractivity contribution in [3.8, 4) is 0 Å². The van der Waals surface area contributed by atoms with Crippen LogP contribution in [0.3, 0.4) is 0 Å². The van der Waals surface area contributed by atoms with E-state index < -0.39 is 43.5 Å². The van der Waals surface area contributed by atoms with E-state index in [1.165, 1.54) is 4.90 Å². The first-order chi connectivity index (χ1) is 11.8. The number of hydrogen-bond donors (Lipinski definition) is 3. The van der Waals surface area contributed by atoms with Crippen molar-refractivity contribution in [2.24, 2.45) is 0 Å². The summed E-state index contributed by atoms with van der Waals surface area (Å²) in [6.45, 7) is -0.632. The zero-order chi connectivity index (χ0) is 18.2. The fourth-order valence-electron chi connectivity index (χ4n) is 3.06. The molecule has 1 amide bonds. The highest BCUT2D eigenvalue weighted by Gasteiger charge is 2.52. The summed E-state index contributed by atoms with van der Waals surface area (Å²) in [4.78, 5) is 36.5. The van der Waals surface area contributed by atoms with Crippen molar-refractivity contribution in [1.29, 1.82) is 0 Å². The summed E-state index contributed by atoms with van der Waals surface area (Å²) in [5.41, 5.74) is 0. The standard InChI is InChI=1S/C13H20BN3O6/c18-10(7-16-8-3-4-15-6-8)17-5-1-2-9(17)14-22-11(12(19)20)13(21)23-14/h8-9,11,15-16H,1-7H2,(H,19,20)/t8-,9+,11?/m1/s1/i7D2. The molecule has 3 fully saturated rings. The van der Waals surface area contributed by atoms with Gasteiger partial charge in [0.1, 0.15) is 0 Å². The molecule has 0 aromatic carbocycles. The van der Waals surface area contributed by atoms with E-state index in [0.717, 1.165) is 13.0 Å². The van der Waals surface area contributed by atoms with E-state index >= 15 is 0 Å². The van der Waals surface area contributed by atoms with Crippen LogP contribution in [0.15, 0.2) is 0 Å². The first-order valence-corrected chi connectivity index (χ1v) is 7.68. The van der Waals surface area contributed by atoms with Gasteiger partial charge in [0.15, 0.2) is 0 Å². The largest absolute Gasteiger partial charge is 0.552 e. The Morgan fingerprint density at radius 1 is 1.52 bits per heavy atom. The number of nitrogens with one attached hydrogen (secondary N) is 2. The van der Waals surface area contributed by atoms with Crippen LogP contribution in [-0.4, -0.2) is 79.2 Å². The topological polar surface area (TPSA) is 117 Å². The Kier molecular flexibility index (Phi) is 4.10. The molecule has 3 rings (SSSR count). The van der Waals surface area contributed by atoms with E-state index in [0.29, 0.717) is 25.9 Å². The van der Waals surface area contributed by atoms with Gasteiger partial charge in [-0.25, -0.2) is 4.79 Å². The third-order valence-corrected chi connectivity index (χ3v) is 4.26. The van der Waals surface area contributed by atoms with Crippen LogP contribution < -0.4 is 10.6 Å². The molecule has 3 aliphatic heterocycles. The van der Waals surface area contributed by atoms with E-state index in [9.17, 15) is 14.4 Å². The van der Waals surface area contributed by atoms with Gasteiger partial charge in [0.05, 0.1) is 15.2 Å². The molecule has 1 unspecified atom stereocenters. The van der Waals surface area contributed by atoms with Crippen molar-refractivity contribution in [2.45, 2.75) is 37.3 Å². The fraction of sp³-hybridized carbons (Fsp3) is 0.769. The van der Waals surface area contributed by atoms with Gasteiger partial charge in [-0.3, -0.25) is 9.59 Å². The Labute approximate surface area is 136 Å². The molecular weight excluding hydrogens is 305 g/mol. The molecule has 3 atom stereocenters. The molecule has 126 valence electrons. The van der Waals surface area contributed by atoms with Crippen LogP contribution in [0.5, 0.6) is 0 Å². The number of carboxylic acid groups (broad SMARTS) is 1. The van der Waals surface area contributed by atoms with Gasteiger partial charge in [-0.2, -0.15) is 0 Å². The van der Waals surface area contributed by atoms with Gasteiger partial charge in [0.25, 0.3) is 0 Å². The van der Waals surface area contributed by atoms with Crippen molar-refractivity contribution in [3.63, 3.8) is 0 Å². The molecule has 0 saturated carbocycles. The predicted octanol–water partition coefficient (Wildman–Crippen LogP) is -2.02. The number of carbonyl (C=O) groups excluding carboxylic acids is 2. The smallest absolute Gasteiger partial charge is 0.506 e. The lowest BCUT2D eigenvalue weighted by Gasteiger charge is -2.25. The summed E-state index contributed by atoms with van der Waals surface area (Å²) < 4.78 is 26.2. The van der Waals surface area contributed by atoms with Crippen molar-refractivity contribution in [1.82, 2.24) is 15.5 Å². The molecule has 3 aliphatic rings. The van der Waals surface area contributed by atoms with Gasteiger partial charge >= 0.3 is 19.1 Å². The zero-order valence-electron chi connectivity index (χ0n) is 14.5. The molecule has 3 heterocycles. The second kappa shape index (κ2) is 6.85. The molecule has 10 heteroatoms. The molecule has 3 N–H and O–H groups in total. The molecule has 3 saturated heterocycles. The monoisotopic (exact) mass is 327 g/mol. The second-order valence-corrected chi connectivity index (χ2v) is 5.83. The third kappa shape index (κ3) is 3.49. The van der Waals surface area contributed by atoms with E-state index in [4.69, 9.17) is 17.2 Å². The van der Waals surface area contributed by atoms with E-state index in [2.05, 4.69) is 10.6 Å². The predicted molar refractivity (Wildman–Crippen MR) is 78.4 cm³/mol. The molecular formula is C13H20BN3O6. The average molecular weight is 327 g/mol. The van der Waals surface area contributed by atoms with Crippen LogP contribution >= 0.6 is 0 Å². The van der Waals surface area contributed by atoms with E-state index in [-0.39, 0.29) is 6.04 Å². The van der Waals surface area contributed by atoms with Crippen LogP contribution in [-0.2, 0) is 23.7 Å². The molecule has 0 aromatic rings. The number of nitrogens with zero attached hydrogens (tertiary/aromatic N) is 1. The molecule has 0 radical (unpaired) electrons. The van der Waals surface area contributed by atoms with Crippen molar-refractivity contribution in [3.05, 3.63) is 0 Å². The first-order valence-electron chi connectivity index (χ1n) is 8.68. The fourth-order valence-corrected chi connectivity index (χ4v) is 3.06. The zero-order valence-corrected chi connectivity index (χ0v) is 12.5. The minimum atomic E-state index is -2.27. The van der Waals surface area contributed by atoms with Crippen LogP contribution in [0.4, 0.5) is 0 Å². The summed E-state index contributed by atoms with van der Waals surface area (Å²) in [6, 6.07) is -0.142. The molecule has 0 bridgehead atoms. The van der Waals surface area contributed by atoms with Crippen LogP contribution in [0, 0.1) is 0 Å². The Morgan fingerprint density at radius 2 is 2.35 bits per heavy atom. The molecule has 0 aromatic heterocycles. The number of likely N-dealkylation sites (tertiary alicyclic amines) is 1. The molecule has 23 heavy (non-hydrogen) atoms. The van der Waals surface area contributed by atoms with Crippen molar-refractivity contribution >= 4 is 25.0 Å². The number of carboxylic acids is 1. The number of amides is 1. The van der Waals surface area contributed by atoms with Gasteiger partial charge in [-0.05, 0) is 25.8 Å².